The van der Waals surface area contributed by atoms with E-state index < -0.39 is 14.6 Å². The quantitative estimate of drug-likeness (QED) is 0.411. The van der Waals surface area contributed by atoms with Crippen LogP contribution in [0.1, 0.15) is 47.0 Å². The molecule has 7 heteroatoms. The number of rotatable bonds is 8. The van der Waals surface area contributed by atoms with Gasteiger partial charge >= 0.3 is 0 Å². The van der Waals surface area contributed by atoms with Crippen LogP contribution in [0.3, 0.4) is 0 Å². The minimum absolute atomic E-state index is 0.185. The van der Waals surface area contributed by atoms with Gasteiger partial charge in [0.1, 0.15) is 0 Å². The van der Waals surface area contributed by atoms with E-state index in [1.807, 2.05) is 6.92 Å². The molecule has 0 amide bonds. The number of nitrogens with one attached hydrogen (secondary N) is 1. The lowest BCUT2D eigenvalue weighted by Gasteiger charge is -2.39. The van der Waals surface area contributed by atoms with Gasteiger partial charge < -0.3 is 15.0 Å². The first-order valence-electron chi connectivity index (χ1n) is 8.67. The largest absolute Gasteiger partial charge is 0.381 e. The molecule has 0 aliphatic carbocycles. The van der Waals surface area contributed by atoms with E-state index in [1.54, 1.807) is 13.8 Å². The molecular weight excluding hydrogens is 314 g/mol. The molecule has 0 bridgehead atoms. The highest BCUT2D eigenvalue weighted by Crippen LogP contribution is 2.23. The summed E-state index contributed by atoms with van der Waals surface area (Å²) in [6.07, 6.45) is 3.13. The molecule has 0 radical (unpaired) electrons. The second-order valence-electron chi connectivity index (χ2n) is 6.56. The van der Waals surface area contributed by atoms with Crippen LogP contribution in [0.2, 0.25) is 0 Å². The van der Waals surface area contributed by atoms with Gasteiger partial charge in [0.05, 0.1) is 10.5 Å². The molecule has 0 atom stereocenters. The predicted octanol–water partition coefficient (Wildman–Crippen LogP) is 1.67. The fraction of sp³-hybridized carbons (Fsp3) is 0.938. The van der Waals surface area contributed by atoms with Crippen molar-refractivity contribution in [3.63, 3.8) is 0 Å². The molecule has 1 saturated heterocycles. The fourth-order valence-corrected chi connectivity index (χ4v) is 3.82. The third-order valence-corrected chi connectivity index (χ3v) is 6.56. The Bertz CT molecular complexity index is 475. The molecule has 1 aliphatic rings. The van der Waals surface area contributed by atoms with E-state index in [2.05, 4.69) is 22.1 Å². The highest BCUT2D eigenvalue weighted by molar-refractivity contribution is 7.92. The first-order chi connectivity index (χ1) is 10.8. The zero-order valence-corrected chi connectivity index (χ0v) is 15.9. The van der Waals surface area contributed by atoms with Gasteiger partial charge in [-0.2, -0.15) is 0 Å². The topological polar surface area (TPSA) is 71.0 Å². The molecule has 136 valence electrons. The Morgan fingerprint density at radius 3 is 2.57 bits per heavy atom. The molecular formula is C16H33N3O3S. The lowest BCUT2D eigenvalue weighted by Crippen LogP contribution is -2.57. The van der Waals surface area contributed by atoms with Gasteiger partial charge in [0, 0.05) is 39.4 Å². The summed E-state index contributed by atoms with van der Waals surface area (Å²) in [4.78, 5) is 6.68. The highest BCUT2D eigenvalue weighted by atomic mass is 32.2. The number of sulfone groups is 1. The average molecular weight is 348 g/mol. The summed E-state index contributed by atoms with van der Waals surface area (Å²) in [5.74, 6) is 0.994. The minimum atomic E-state index is -3.02. The Kier molecular flexibility index (Phi) is 8.33. The van der Waals surface area contributed by atoms with Crippen molar-refractivity contribution in [3.8, 4) is 0 Å². The summed E-state index contributed by atoms with van der Waals surface area (Å²) in [5, 5.41) is 3.27. The number of guanidine groups is 1. The normalized spacial score (nSPS) is 20.5. The van der Waals surface area contributed by atoms with Gasteiger partial charge in [-0.05, 0) is 33.6 Å². The number of hydrogen-bond acceptors (Lipinski definition) is 4. The average Bonchev–Trinajstić information content (AvgIpc) is 2.48. The Labute approximate surface area is 141 Å². The smallest absolute Gasteiger partial charge is 0.193 e. The summed E-state index contributed by atoms with van der Waals surface area (Å²) in [6.45, 7) is 11.7. The number of hydrogen-bond donors (Lipinski definition) is 1. The molecule has 1 N–H and O–H groups in total. The van der Waals surface area contributed by atoms with Gasteiger partial charge in [-0.3, -0.25) is 4.99 Å². The second-order valence-corrected chi connectivity index (χ2v) is 9.30. The van der Waals surface area contributed by atoms with E-state index in [4.69, 9.17) is 4.74 Å². The third kappa shape index (κ3) is 6.30. The zero-order chi connectivity index (χ0) is 17.3. The standard InChI is InChI=1S/C16H33N3O3S/c1-5-7-11-22-12-8-9-18-15(17-6-2)19-10-13-23(20,21)16(3,4)14-19/h5-14H2,1-4H3,(H,17,18). The lowest BCUT2D eigenvalue weighted by molar-refractivity contribution is 0.130. The van der Waals surface area contributed by atoms with Gasteiger partial charge in [0.25, 0.3) is 0 Å². The van der Waals surface area contributed by atoms with Crippen LogP contribution in [0.4, 0.5) is 0 Å². The number of unbranched alkanes of at least 4 members (excludes halogenated alkanes) is 1. The molecule has 0 aromatic carbocycles. The van der Waals surface area contributed by atoms with E-state index in [-0.39, 0.29) is 5.75 Å². The molecule has 1 fully saturated rings. The van der Waals surface area contributed by atoms with Crippen LogP contribution in [-0.4, -0.2) is 69.2 Å². The SMILES string of the molecule is CCCCOCCCN=C(NCC)N1CCS(=O)(=O)C(C)(C)C1. The summed E-state index contributed by atoms with van der Waals surface area (Å²) in [6, 6.07) is 0. The van der Waals surface area contributed by atoms with Crippen LogP contribution in [-0.2, 0) is 14.6 Å². The molecule has 1 rings (SSSR count). The first kappa shape index (κ1) is 20.2. The Hall–Kier alpha value is -0.820. The monoisotopic (exact) mass is 347 g/mol. The van der Waals surface area contributed by atoms with Crippen molar-refractivity contribution in [2.45, 2.75) is 51.7 Å². The van der Waals surface area contributed by atoms with E-state index >= 15 is 0 Å². The maximum Gasteiger partial charge on any atom is 0.193 e. The Morgan fingerprint density at radius 1 is 1.26 bits per heavy atom. The van der Waals surface area contributed by atoms with Crippen LogP contribution < -0.4 is 5.32 Å². The van der Waals surface area contributed by atoms with E-state index in [9.17, 15) is 8.42 Å². The number of ether oxygens (including phenoxy) is 1. The summed E-state index contributed by atoms with van der Waals surface area (Å²) in [5.41, 5.74) is 0. The maximum absolute atomic E-state index is 12.1. The molecule has 0 aromatic rings. The van der Waals surface area contributed by atoms with E-state index in [0.717, 1.165) is 45.0 Å². The second kappa shape index (κ2) is 9.47. The Morgan fingerprint density at radius 2 is 1.96 bits per heavy atom. The van der Waals surface area contributed by atoms with Crippen LogP contribution in [0.5, 0.6) is 0 Å². The van der Waals surface area contributed by atoms with Crippen LogP contribution in [0.25, 0.3) is 0 Å². The lowest BCUT2D eigenvalue weighted by atomic mass is 10.2. The molecule has 6 nitrogen and oxygen atoms in total. The predicted molar refractivity (Wildman–Crippen MR) is 95.8 cm³/mol. The minimum Gasteiger partial charge on any atom is -0.381 e. The van der Waals surface area contributed by atoms with Crippen molar-refractivity contribution >= 4 is 15.8 Å². The van der Waals surface area contributed by atoms with E-state index in [1.165, 1.54) is 0 Å². The summed E-state index contributed by atoms with van der Waals surface area (Å²) < 4.78 is 29.0. The van der Waals surface area contributed by atoms with Gasteiger partial charge in [0.15, 0.2) is 15.8 Å². The number of nitrogens with zero attached hydrogens (tertiary/aromatic N) is 2. The molecule has 0 unspecified atom stereocenters. The zero-order valence-electron chi connectivity index (χ0n) is 15.1. The molecule has 0 aromatic heterocycles. The van der Waals surface area contributed by atoms with E-state index in [0.29, 0.717) is 19.6 Å². The van der Waals surface area contributed by atoms with Crippen molar-refractivity contribution in [1.29, 1.82) is 0 Å². The van der Waals surface area contributed by atoms with Gasteiger partial charge in [-0.25, -0.2) is 8.42 Å². The van der Waals surface area contributed by atoms with Crippen LogP contribution in [0, 0.1) is 0 Å². The molecule has 1 aliphatic heterocycles. The van der Waals surface area contributed by atoms with Crippen molar-refractivity contribution in [2.75, 3.05) is 45.1 Å². The van der Waals surface area contributed by atoms with Gasteiger partial charge in [-0.15, -0.1) is 0 Å². The molecule has 0 spiro atoms. The molecule has 23 heavy (non-hydrogen) atoms. The molecule has 0 saturated carbocycles. The third-order valence-electron chi connectivity index (χ3n) is 4.03. The molecule has 1 heterocycles. The van der Waals surface area contributed by atoms with Crippen molar-refractivity contribution in [3.05, 3.63) is 0 Å². The Balaban J connectivity index is 2.52. The fourth-order valence-electron chi connectivity index (χ4n) is 2.45. The van der Waals surface area contributed by atoms with Crippen molar-refractivity contribution in [2.24, 2.45) is 4.99 Å². The summed E-state index contributed by atoms with van der Waals surface area (Å²) >= 11 is 0. The number of aliphatic imine (C=N–C) groups is 1. The van der Waals surface area contributed by atoms with Gasteiger partial charge in [-0.1, -0.05) is 13.3 Å². The highest BCUT2D eigenvalue weighted by Gasteiger charge is 2.40. The van der Waals surface area contributed by atoms with Crippen LogP contribution >= 0.6 is 0 Å². The van der Waals surface area contributed by atoms with Gasteiger partial charge in [0.2, 0.25) is 0 Å². The summed E-state index contributed by atoms with van der Waals surface area (Å²) in [7, 11) is -3.02. The maximum atomic E-state index is 12.1. The van der Waals surface area contributed by atoms with Crippen molar-refractivity contribution < 1.29 is 13.2 Å². The first-order valence-corrected chi connectivity index (χ1v) is 10.3. The van der Waals surface area contributed by atoms with Crippen LogP contribution in [0.15, 0.2) is 4.99 Å². The van der Waals surface area contributed by atoms with Crippen molar-refractivity contribution in [1.82, 2.24) is 10.2 Å².